The predicted octanol–water partition coefficient (Wildman–Crippen LogP) is 4.79. The molecule has 0 aromatic carbocycles. The number of nitriles is 1. The van der Waals surface area contributed by atoms with Gasteiger partial charge in [0.1, 0.15) is 11.1 Å². The van der Waals surface area contributed by atoms with E-state index in [-0.39, 0.29) is 11.7 Å². The maximum Gasteiger partial charge on any atom is 0.269 e. The van der Waals surface area contributed by atoms with Gasteiger partial charge in [-0.15, -0.1) is 11.3 Å². The van der Waals surface area contributed by atoms with Crippen LogP contribution >= 0.6 is 11.3 Å². The van der Waals surface area contributed by atoms with Crippen LogP contribution in [-0.2, 0) is 19.4 Å². The molecule has 0 aliphatic carbocycles. The summed E-state index contributed by atoms with van der Waals surface area (Å²) < 4.78 is 7.69. The average Bonchev–Trinajstić information content (AvgIpc) is 3.59. The third kappa shape index (κ3) is 5.57. The van der Waals surface area contributed by atoms with Crippen LogP contribution in [-0.4, -0.2) is 55.8 Å². The molecule has 12 heteroatoms. The molecular formula is C28H37N9O2S. The van der Waals surface area contributed by atoms with Crippen LogP contribution in [0.25, 0.3) is 33.9 Å². The molecule has 4 aromatic rings. The van der Waals surface area contributed by atoms with Crippen LogP contribution in [0.1, 0.15) is 79.4 Å². The highest BCUT2D eigenvalue weighted by Gasteiger charge is 2.28. The first-order valence-corrected chi connectivity index (χ1v) is 14.6. The number of anilines is 1. The summed E-state index contributed by atoms with van der Waals surface area (Å²) >= 11 is 1.42. The summed E-state index contributed by atoms with van der Waals surface area (Å²) in [5.74, 6) is 0.273. The number of likely N-dealkylation sites (N-methyl/N-ethyl adjacent to an activating group) is 1. The smallest absolute Gasteiger partial charge is 0.269 e. The number of primary amides is 1. The highest BCUT2D eigenvalue weighted by atomic mass is 32.1. The van der Waals surface area contributed by atoms with Gasteiger partial charge < -0.3 is 20.9 Å². The predicted molar refractivity (Wildman–Crippen MR) is 157 cm³/mol. The highest BCUT2D eigenvalue weighted by molar-refractivity contribution is 7.16. The van der Waals surface area contributed by atoms with E-state index in [1.54, 1.807) is 10.9 Å². The van der Waals surface area contributed by atoms with Crippen molar-refractivity contribution in [1.29, 1.82) is 5.26 Å². The van der Waals surface area contributed by atoms with Crippen molar-refractivity contribution in [2.75, 3.05) is 19.8 Å². The van der Waals surface area contributed by atoms with E-state index in [0.29, 0.717) is 57.4 Å². The first-order chi connectivity index (χ1) is 19.2. The summed E-state index contributed by atoms with van der Waals surface area (Å²) in [6.07, 6.45) is 7.74. The number of nitrogen functional groups attached to an aromatic ring is 1. The van der Waals surface area contributed by atoms with Crippen molar-refractivity contribution in [1.82, 2.24) is 29.8 Å². The first kappa shape index (κ1) is 29.2. The fraction of sp³-hybridized carbons (Fsp3) is 0.500. The van der Waals surface area contributed by atoms with E-state index < -0.39 is 5.91 Å². The molecule has 0 aliphatic heterocycles. The molecule has 0 bridgehead atoms. The van der Waals surface area contributed by atoms with Gasteiger partial charge in [-0.05, 0) is 39.8 Å². The van der Waals surface area contributed by atoms with Crippen molar-refractivity contribution in [2.45, 2.75) is 78.3 Å². The number of nitrogens with two attached hydrogens (primary N) is 2. The number of thiophene rings is 1. The molecule has 0 spiro atoms. The molecule has 40 heavy (non-hydrogen) atoms. The van der Waals surface area contributed by atoms with Crippen LogP contribution in [0.15, 0.2) is 10.7 Å². The minimum absolute atomic E-state index is 0.138. The van der Waals surface area contributed by atoms with Gasteiger partial charge >= 0.3 is 0 Å². The fourth-order valence-electron chi connectivity index (χ4n) is 4.95. The second kappa shape index (κ2) is 12.6. The molecule has 4 rings (SSSR count). The van der Waals surface area contributed by atoms with Gasteiger partial charge in [0.2, 0.25) is 0 Å². The number of fused-ring (bicyclic) bond motifs is 1. The third-order valence-corrected chi connectivity index (χ3v) is 8.14. The summed E-state index contributed by atoms with van der Waals surface area (Å²) in [5, 5.41) is 19.8. The number of rotatable bonds is 13. The largest absolute Gasteiger partial charge is 0.389 e. The number of unbranched alkanes of at least 4 members (excludes halogenated alkanes) is 1. The van der Waals surface area contributed by atoms with Crippen molar-refractivity contribution in [2.24, 2.45) is 5.73 Å². The monoisotopic (exact) mass is 563 g/mol. The van der Waals surface area contributed by atoms with Crippen LogP contribution in [0, 0.1) is 11.3 Å². The van der Waals surface area contributed by atoms with Crippen molar-refractivity contribution in [3.8, 4) is 28.9 Å². The Morgan fingerprint density at radius 1 is 1.23 bits per heavy atom. The van der Waals surface area contributed by atoms with Crippen molar-refractivity contribution in [3.63, 3.8) is 0 Å². The summed E-state index contributed by atoms with van der Waals surface area (Å²) in [4.78, 5) is 24.8. The molecule has 0 fully saturated rings. The van der Waals surface area contributed by atoms with Crippen LogP contribution in [0.3, 0.4) is 0 Å². The van der Waals surface area contributed by atoms with Gasteiger partial charge in [-0.3, -0.25) is 4.79 Å². The molecule has 0 aliphatic rings. The summed E-state index contributed by atoms with van der Waals surface area (Å²) in [7, 11) is 4.05. The number of hydrogen-bond acceptors (Lipinski definition) is 10. The lowest BCUT2D eigenvalue weighted by Gasteiger charge is -2.23. The lowest BCUT2D eigenvalue weighted by Crippen LogP contribution is -2.32. The van der Waals surface area contributed by atoms with Gasteiger partial charge in [-0.2, -0.15) is 10.4 Å². The molecule has 11 nitrogen and oxygen atoms in total. The van der Waals surface area contributed by atoms with Crippen molar-refractivity contribution in [3.05, 3.63) is 27.9 Å². The standard InChI is InChI=1S/C28H37N9O2S/c1-6-9-12-17-23(35-39-24(17)21-18(13-29)26(31)40-20(21)11-8-3)27-32-14-19-22(25(30)38)34-37(28(19)33-27)15-16(10-7-2)36(4)5/h14,16H,6-12,15,31H2,1-5H3,(H2,30,38). The van der Waals surface area contributed by atoms with Crippen molar-refractivity contribution >= 4 is 33.3 Å². The zero-order valence-electron chi connectivity index (χ0n) is 23.8. The van der Waals surface area contributed by atoms with E-state index in [9.17, 15) is 10.1 Å². The van der Waals surface area contributed by atoms with E-state index in [1.165, 1.54) is 11.3 Å². The Balaban J connectivity index is 1.90. The van der Waals surface area contributed by atoms with Crippen LogP contribution < -0.4 is 11.5 Å². The number of aryl methyl sites for hydroxylation is 1. The summed E-state index contributed by atoms with van der Waals surface area (Å²) in [6, 6.07) is 2.45. The third-order valence-electron chi connectivity index (χ3n) is 7.06. The quantitative estimate of drug-likeness (QED) is 0.232. The Labute approximate surface area is 238 Å². The van der Waals surface area contributed by atoms with E-state index in [1.807, 2.05) is 14.1 Å². The normalized spacial score (nSPS) is 12.3. The minimum atomic E-state index is -0.633. The fourth-order valence-corrected chi connectivity index (χ4v) is 6.06. The molecule has 4 aromatic heterocycles. The highest BCUT2D eigenvalue weighted by Crippen LogP contribution is 2.43. The summed E-state index contributed by atoms with van der Waals surface area (Å²) in [5.41, 5.74) is 15.0. The number of nitrogens with zero attached hydrogens (tertiary/aromatic N) is 7. The Hall–Kier alpha value is -3.82. The van der Waals surface area contributed by atoms with Gasteiger partial charge in [-0.25, -0.2) is 14.6 Å². The Bertz CT molecular complexity index is 1540. The second-order valence-electron chi connectivity index (χ2n) is 10.2. The van der Waals surface area contributed by atoms with Gasteiger partial charge in [0.05, 0.1) is 23.1 Å². The number of amides is 1. The zero-order valence-corrected chi connectivity index (χ0v) is 24.6. The molecule has 0 saturated heterocycles. The second-order valence-corrected chi connectivity index (χ2v) is 11.3. The summed E-state index contributed by atoms with van der Waals surface area (Å²) in [6.45, 7) is 6.87. The molecule has 0 radical (unpaired) electrons. The SMILES string of the molecule is CCCCc1c(-c2ncc3c(C(N)=O)nn(CC(CCC)N(C)C)c3n2)noc1-c1c(CCC)sc(N)c1C#N. The van der Waals surface area contributed by atoms with E-state index in [4.69, 9.17) is 21.0 Å². The molecule has 212 valence electrons. The van der Waals surface area contributed by atoms with E-state index in [0.717, 1.165) is 49.0 Å². The van der Waals surface area contributed by atoms with Crippen molar-refractivity contribution < 1.29 is 9.32 Å². The number of carbonyl (C=O) groups excluding carboxylic acids is 1. The molecule has 1 atom stereocenters. The minimum Gasteiger partial charge on any atom is -0.389 e. The van der Waals surface area contributed by atoms with Crippen LogP contribution in [0.4, 0.5) is 5.00 Å². The van der Waals surface area contributed by atoms with E-state index in [2.05, 4.69) is 47.0 Å². The topological polar surface area (TPSA) is 166 Å². The average molecular weight is 564 g/mol. The van der Waals surface area contributed by atoms with Gasteiger partial charge in [0.15, 0.2) is 28.6 Å². The Morgan fingerprint density at radius 3 is 2.62 bits per heavy atom. The van der Waals surface area contributed by atoms with Gasteiger partial charge in [-0.1, -0.05) is 45.2 Å². The van der Waals surface area contributed by atoms with E-state index >= 15 is 0 Å². The lowest BCUT2D eigenvalue weighted by atomic mass is 9.98. The van der Waals surface area contributed by atoms with Crippen LogP contribution in [0.2, 0.25) is 0 Å². The first-order valence-electron chi connectivity index (χ1n) is 13.8. The Kier molecular flexibility index (Phi) is 9.17. The number of hydrogen-bond donors (Lipinski definition) is 2. The zero-order chi connectivity index (χ0) is 29.0. The number of aromatic nitrogens is 5. The maximum atomic E-state index is 12.2. The van der Waals surface area contributed by atoms with Gasteiger partial charge in [0, 0.05) is 22.7 Å². The molecule has 1 unspecified atom stereocenters. The Morgan fingerprint density at radius 2 is 2.00 bits per heavy atom. The molecule has 1 amide bonds. The number of carbonyl (C=O) groups is 1. The maximum absolute atomic E-state index is 12.2. The van der Waals surface area contributed by atoms with Gasteiger partial charge in [0.25, 0.3) is 5.91 Å². The van der Waals surface area contributed by atoms with Crippen LogP contribution in [0.5, 0.6) is 0 Å². The molecule has 0 saturated carbocycles. The molecule has 4 N–H and O–H groups in total. The molecule has 4 heterocycles. The molecular weight excluding hydrogens is 526 g/mol. The lowest BCUT2D eigenvalue weighted by molar-refractivity contribution is 0.0995.